The topological polar surface area (TPSA) is 120 Å². The highest BCUT2D eigenvalue weighted by Gasteiger charge is 2.28. The van der Waals surface area contributed by atoms with Gasteiger partial charge in [-0.05, 0) is 70.6 Å². The van der Waals surface area contributed by atoms with E-state index in [-0.39, 0.29) is 36.0 Å². The average Bonchev–Trinajstić information content (AvgIpc) is 3.32. The second-order valence-electron chi connectivity index (χ2n) is 14.9. The molecule has 7 aromatic rings. The Morgan fingerprint density at radius 3 is 1.84 bits per heavy atom. The molecule has 0 unspecified atom stereocenters. The van der Waals surface area contributed by atoms with Gasteiger partial charge in [0.1, 0.15) is 24.5 Å². The fourth-order valence-electron chi connectivity index (χ4n) is 7.04. The summed E-state index contributed by atoms with van der Waals surface area (Å²) in [6.07, 6.45) is 0. The van der Waals surface area contributed by atoms with Crippen molar-refractivity contribution in [3.05, 3.63) is 209 Å². The number of esters is 2. The molecule has 0 bridgehead atoms. The number of methoxy groups -OCH3 is 1. The van der Waals surface area contributed by atoms with Crippen LogP contribution in [0, 0.1) is 6.92 Å². The Labute approximate surface area is 368 Å². The molecule has 0 fully saturated rings. The number of benzene rings is 7. The van der Waals surface area contributed by atoms with Crippen molar-refractivity contribution in [2.24, 2.45) is 0 Å². The van der Waals surface area contributed by atoms with Gasteiger partial charge in [-0.15, -0.1) is 0 Å². The maximum Gasteiger partial charge on any atom is 0.342 e. The van der Waals surface area contributed by atoms with Crippen molar-refractivity contribution in [2.75, 3.05) is 25.6 Å². The van der Waals surface area contributed by atoms with E-state index in [9.17, 15) is 22.8 Å². The molecular formula is C52H46N2O8S. The zero-order valence-corrected chi connectivity index (χ0v) is 36.0. The molecule has 0 spiro atoms. The van der Waals surface area contributed by atoms with Crippen molar-refractivity contribution in [2.45, 2.75) is 31.6 Å². The molecule has 11 heteroatoms. The summed E-state index contributed by atoms with van der Waals surface area (Å²) in [7, 11) is -1.32. The number of carbonyl (C=O) groups is 3. The molecule has 1 amide bonds. The zero-order chi connectivity index (χ0) is 44.3. The second kappa shape index (κ2) is 20.0. The van der Waals surface area contributed by atoms with Gasteiger partial charge in [0.15, 0.2) is 0 Å². The number of hydrogen-bond donors (Lipinski definition) is 0. The van der Waals surface area contributed by atoms with E-state index in [1.54, 1.807) is 36.4 Å². The number of sulfonamides is 1. The maximum absolute atomic E-state index is 14.5. The van der Waals surface area contributed by atoms with Gasteiger partial charge in [-0.1, -0.05) is 145 Å². The van der Waals surface area contributed by atoms with Crippen molar-refractivity contribution in [3.63, 3.8) is 0 Å². The molecule has 10 nitrogen and oxygen atoms in total. The fourth-order valence-corrected chi connectivity index (χ4v) is 8.16. The Bertz CT molecular complexity index is 2800. The van der Waals surface area contributed by atoms with E-state index in [1.807, 2.05) is 134 Å². The first kappa shape index (κ1) is 43.7. The van der Waals surface area contributed by atoms with Gasteiger partial charge in [0.05, 0.1) is 30.7 Å². The van der Waals surface area contributed by atoms with Crippen LogP contribution < -0.4 is 9.64 Å². The molecule has 318 valence electrons. The number of likely N-dealkylation sites (N-methyl/N-ethyl adjacent to an activating group) is 1. The summed E-state index contributed by atoms with van der Waals surface area (Å²) >= 11 is 0. The van der Waals surface area contributed by atoms with Gasteiger partial charge < -0.3 is 19.1 Å². The highest BCUT2D eigenvalue weighted by atomic mass is 32.2. The van der Waals surface area contributed by atoms with Gasteiger partial charge in [-0.2, -0.15) is 4.31 Å². The predicted octanol–water partition coefficient (Wildman–Crippen LogP) is 9.91. The van der Waals surface area contributed by atoms with Crippen LogP contribution >= 0.6 is 0 Å². The lowest BCUT2D eigenvalue weighted by atomic mass is 9.90. The Morgan fingerprint density at radius 2 is 1.21 bits per heavy atom. The minimum atomic E-state index is -4.04. The van der Waals surface area contributed by atoms with Crippen LogP contribution in [0.5, 0.6) is 5.75 Å². The smallest absolute Gasteiger partial charge is 0.342 e. The number of nitrogens with zero attached hydrogens (tertiary/aromatic N) is 2. The summed E-state index contributed by atoms with van der Waals surface area (Å²) in [5, 5.41) is 0. The van der Waals surface area contributed by atoms with Crippen LogP contribution in [0.3, 0.4) is 0 Å². The summed E-state index contributed by atoms with van der Waals surface area (Å²) < 4.78 is 45.5. The number of amides is 1. The van der Waals surface area contributed by atoms with Crippen molar-refractivity contribution in [3.8, 4) is 28.0 Å². The van der Waals surface area contributed by atoms with Crippen molar-refractivity contribution in [1.82, 2.24) is 4.31 Å². The molecule has 7 rings (SSSR count). The first-order valence-corrected chi connectivity index (χ1v) is 21.7. The molecule has 0 aliphatic rings. The van der Waals surface area contributed by atoms with Gasteiger partial charge in [0.2, 0.25) is 15.9 Å². The standard InChI is InChI=1S/C52H46N2O8S/c1-37-22-29-44(30-23-37)63(58,59)53(2)34-49(55)54(33-38-24-26-41(27-25-38)45-20-13-21-47(51(56)60-3)50(45)42-18-11-6-12-19-42)43-28-31-46(52(57)62-36-40-16-9-5-10-17-40)48(32-43)61-35-39-14-7-4-8-15-39/h4-32H,33-36H2,1-3H3. The van der Waals surface area contributed by atoms with Gasteiger partial charge in [-0.25, -0.2) is 18.0 Å². The summed E-state index contributed by atoms with van der Waals surface area (Å²) in [4.78, 5) is 42.6. The summed E-state index contributed by atoms with van der Waals surface area (Å²) in [6, 6.07) is 52.6. The van der Waals surface area contributed by atoms with E-state index in [4.69, 9.17) is 14.2 Å². The van der Waals surface area contributed by atoms with Crippen LogP contribution in [0.1, 0.15) is 43.0 Å². The fraction of sp³-hybridized carbons (Fsp3) is 0.135. The van der Waals surface area contributed by atoms with Crippen molar-refractivity contribution >= 4 is 33.6 Å². The molecule has 0 aliphatic heterocycles. The molecule has 0 saturated carbocycles. The van der Waals surface area contributed by atoms with Gasteiger partial charge in [0, 0.05) is 24.4 Å². The molecule has 0 atom stereocenters. The quantitative estimate of drug-likeness (QED) is 0.0882. The molecule has 0 N–H and O–H groups in total. The monoisotopic (exact) mass is 858 g/mol. The third-order valence-corrected chi connectivity index (χ3v) is 12.3. The highest BCUT2D eigenvalue weighted by Crippen LogP contribution is 2.36. The molecule has 0 radical (unpaired) electrons. The normalized spacial score (nSPS) is 11.2. The number of carbonyl (C=O) groups excluding carboxylic acids is 3. The molecule has 7 aromatic carbocycles. The van der Waals surface area contributed by atoms with Crippen LogP contribution in [0.2, 0.25) is 0 Å². The molecule has 63 heavy (non-hydrogen) atoms. The summed E-state index contributed by atoms with van der Waals surface area (Å²) in [5.41, 5.74) is 7.43. The Hall–Kier alpha value is -7.34. The average molecular weight is 859 g/mol. The van der Waals surface area contributed by atoms with Crippen LogP contribution in [-0.2, 0) is 44.1 Å². The third-order valence-electron chi connectivity index (χ3n) is 10.5. The molecule has 0 aliphatic carbocycles. The first-order chi connectivity index (χ1) is 30.5. The molecule has 0 aromatic heterocycles. The number of ether oxygens (including phenoxy) is 3. The van der Waals surface area contributed by atoms with E-state index >= 15 is 0 Å². The lowest BCUT2D eigenvalue weighted by Crippen LogP contribution is -2.41. The van der Waals surface area contributed by atoms with E-state index < -0.39 is 34.4 Å². The Kier molecular flexibility index (Phi) is 13.9. The number of aryl methyl sites for hydroxylation is 1. The van der Waals surface area contributed by atoms with Gasteiger partial charge >= 0.3 is 11.9 Å². The van der Waals surface area contributed by atoms with Crippen LogP contribution in [-0.4, -0.2) is 51.3 Å². The number of rotatable bonds is 16. The Balaban J connectivity index is 1.25. The largest absolute Gasteiger partial charge is 0.488 e. The van der Waals surface area contributed by atoms with Gasteiger partial charge in [-0.3, -0.25) is 4.79 Å². The number of anilines is 1. The zero-order valence-electron chi connectivity index (χ0n) is 35.1. The second-order valence-corrected chi connectivity index (χ2v) is 16.9. The lowest BCUT2D eigenvalue weighted by Gasteiger charge is -2.27. The highest BCUT2D eigenvalue weighted by molar-refractivity contribution is 7.89. The van der Waals surface area contributed by atoms with E-state index in [1.165, 1.54) is 31.2 Å². The molecular weight excluding hydrogens is 813 g/mol. The van der Waals surface area contributed by atoms with Crippen LogP contribution in [0.15, 0.2) is 181 Å². The van der Waals surface area contributed by atoms with Crippen LogP contribution in [0.4, 0.5) is 5.69 Å². The minimum absolute atomic E-state index is 0.0290. The first-order valence-electron chi connectivity index (χ1n) is 20.2. The summed E-state index contributed by atoms with van der Waals surface area (Å²) in [6.45, 7) is 1.57. The van der Waals surface area contributed by atoms with Crippen LogP contribution in [0.25, 0.3) is 22.3 Å². The molecule has 0 heterocycles. The van der Waals surface area contributed by atoms with E-state index in [2.05, 4.69) is 0 Å². The van der Waals surface area contributed by atoms with Crippen molar-refractivity contribution in [1.29, 1.82) is 0 Å². The number of hydrogen-bond acceptors (Lipinski definition) is 8. The lowest BCUT2D eigenvalue weighted by molar-refractivity contribution is -0.118. The van der Waals surface area contributed by atoms with Gasteiger partial charge in [0.25, 0.3) is 0 Å². The predicted molar refractivity (Wildman–Crippen MR) is 244 cm³/mol. The third kappa shape index (κ3) is 10.6. The SMILES string of the molecule is COC(=O)c1cccc(-c2ccc(CN(C(=O)CN(C)S(=O)(=O)c3ccc(C)cc3)c3ccc(C(=O)OCc4ccccc4)c(OCc4ccccc4)c3)cc2)c1-c1ccccc1. The molecule has 0 saturated heterocycles. The van der Waals surface area contributed by atoms with Crippen molar-refractivity contribution < 1.29 is 37.0 Å². The summed E-state index contributed by atoms with van der Waals surface area (Å²) in [5.74, 6) is -1.42. The Morgan fingerprint density at radius 1 is 0.587 bits per heavy atom. The van der Waals surface area contributed by atoms with E-state index in [0.29, 0.717) is 11.3 Å². The van der Waals surface area contributed by atoms with E-state index in [0.717, 1.165) is 48.8 Å². The minimum Gasteiger partial charge on any atom is -0.488 e. The maximum atomic E-state index is 14.5.